The van der Waals surface area contributed by atoms with Gasteiger partial charge in [-0.15, -0.1) is 0 Å². The molecule has 1 rings (SSSR count). The Morgan fingerprint density at radius 3 is 2.37 bits per heavy atom. The van der Waals surface area contributed by atoms with Crippen molar-refractivity contribution in [2.75, 3.05) is 25.1 Å². The van der Waals surface area contributed by atoms with Gasteiger partial charge >= 0.3 is 0 Å². The van der Waals surface area contributed by atoms with Gasteiger partial charge in [0.1, 0.15) is 0 Å². The van der Waals surface area contributed by atoms with Crippen molar-refractivity contribution in [3.8, 4) is 0 Å². The highest BCUT2D eigenvalue weighted by molar-refractivity contribution is 7.92. The van der Waals surface area contributed by atoms with E-state index >= 15 is 0 Å². The largest absolute Gasteiger partial charge is 0.284 e. The van der Waals surface area contributed by atoms with Crippen LogP contribution in [0.3, 0.4) is 0 Å². The lowest BCUT2D eigenvalue weighted by Gasteiger charge is -2.10. The summed E-state index contributed by atoms with van der Waals surface area (Å²) >= 11 is 0. The Kier molecular flexibility index (Phi) is 5.08. The van der Waals surface area contributed by atoms with Crippen LogP contribution in [0.2, 0.25) is 0 Å². The van der Waals surface area contributed by atoms with Gasteiger partial charge in [0.2, 0.25) is 10.0 Å². The molecule has 0 aliphatic carbocycles. The molecule has 1 aromatic rings. The summed E-state index contributed by atoms with van der Waals surface area (Å²) in [5.41, 5.74) is 1.25. The lowest BCUT2D eigenvalue weighted by molar-refractivity contribution is -0.162. The van der Waals surface area contributed by atoms with Gasteiger partial charge < -0.3 is 0 Å². The molecule has 0 radical (unpaired) electrons. The zero-order valence-electron chi connectivity index (χ0n) is 11.0. The Bertz CT molecular complexity index is 564. The maximum Gasteiger partial charge on any atom is 0.269 e. The molecule has 1 amide bonds. The van der Waals surface area contributed by atoms with E-state index in [1.165, 1.54) is 20.2 Å². The fraction of sp³-hybridized carbons (Fsp3) is 0.250. The van der Waals surface area contributed by atoms with E-state index in [1.54, 1.807) is 30.3 Å². The molecule has 0 heterocycles. The Morgan fingerprint density at radius 2 is 1.89 bits per heavy atom. The van der Waals surface area contributed by atoms with E-state index in [1.807, 2.05) is 0 Å². The lowest BCUT2D eigenvalue weighted by Crippen LogP contribution is -2.22. The molecule has 0 unspecified atom stereocenters. The highest BCUT2D eigenvalue weighted by Crippen LogP contribution is 2.12. The molecule has 1 aromatic carbocycles. The summed E-state index contributed by atoms with van der Waals surface area (Å²) in [4.78, 5) is 16.2. The second kappa shape index (κ2) is 6.35. The van der Waals surface area contributed by atoms with Crippen LogP contribution < -0.4 is 4.72 Å². The number of benzene rings is 1. The summed E-state index contributed by atoms with van der Waals surface area (Å²) in [6, 6.07) is 6.63. The van der Waals surface area contributed by atoms with Crippen LogP contribution in [0.4, 0.5) is 5.69 Å². The number of hydrogen-bond acceptors (Lipinski definition) is 4. The summed E-state index contributed by atoms with van der Waals surface area (Å²) in [7, 11) is -0.370. The molecule has 0 bridgehead atoms. The van der Waals surface area contributed by atoms with Crippen LogP contribution in [-0.2, 0) is 19.7 Å². The molecule has 7 heteroatoms. The fourth-order valence-electron chi connectivity index (χ4n) is 1.24. The number of likely N-dealkylation sites (N-methyl/N-ethyl adjacent to an activating group) is 1. The average Bonchev–Trinajstić information content (AvgIpc) is 2.34. The third-order valence-corrected chi connectivity index (χ3v) is 2.82. The molecular formula is C12H16N2O4S. The van der Waals surface area contributed by atoms with Crippen LogP contribution in [0.5, 0.6) is 0 Å². The van der Waals surface area contributed by atoms with Crippen molar-refractivity contribution in [3.05, 3.63) is 35.9 Å². The van der Waals surface area contributed by atoms with E-state index in [-0.39, 0.29) is 5.91 Å². The third-order valence-electron chi connectivity index (χ3n) is 2.22. The maximum absolute atomic E-state index is 11.4. The van der Waals surface area contributed by atoms with Crippen LogP contribution in [0.25, 0.3) is 6.08 Å². The zero-order chi connectivity index (χ0) is 14.5. The van der Waals surface area contributed by atoms with Crippen molar-refractivity contribution in [1.29, 1.82) is 0 Å². The van der Waals surface area contributed by atoms with Crippen molar-refractivity contribution >= 4 is 27.7 Å². The number of sulfonamides is 1. The number of nitrogens with zero attached hydrogens (tertiary/aromatic N) is 1. The molecule has 0 atom stereocenters. The number of hydroxylamine groups is 2. The van der Waals surface area contributed by atoms with Gasteiger partial charge in [-0.1, -0.05) is 12.1 Å². The predicted molar refractivity (Wildman–Crippen MR) is 73.7 cm³/mol. The van der Waals surface area contributed by atoms with Gasteiger partial charge in [0.15, 0.2) is 0 Å². The smallest absolute Gasteiger partial charge is 0.269 e. The van der Waals surface area contributed by atoms with E-state index in [4.69, 9.17) is 4.84 Å². The van der Waals surface area contributed by atoms with E-state index in [0.29, 0.717) is 5.69 Å². The molecule has 19 heavy (non-hydrogen) atoms. The first-order valence-electron chi connectivity index (χ1n) is 5.39. The molecule has 0 saturated heterocycles. The summed E-state index contributed by atoms with van der Waals surface area (Å²) in [5, 5.41) is 1.09. The average molecular weight is 284 g/mol. The molecule has 0 aliphatic rings. The van der Waals surface area contributed by atoms with Gasteiger partial charge in [-0.3, -0.25) is 14.4 Å². The number of amides is 1. The van der Waals surface area contributed by atoms with Gasteiger partial charge in [-0.05, 0) is 23.8 Å². The fourth-order valence-corrected chi connectivity index (χ4v) is 1.80. The normalized spacial score (nSPS) is 11.5. The van der Waals surface area contributed by atoms with Crippen LogP contribution in [0, 0.1) is 0 Å². The SMILES string of the molecule is CON(C)C(=O)/C=C/c1ccc(NS(C)(=O)=O)cc1. The standard InChI is InChI=1S/C12H16N2O4S/c1-14(18-2)12(15)9-6-10-4-7-11(8-5-10)13-19(3,16)17/h4-9,13H,1-3H3/b9-6+. The number of rotatable bonds is 5. The number of nitrogens with one attached hydrogen (secondary N) is 1. The number of carbonyl (C=O) groups excluding carboxylic acids is 1. The molecule has 0 spiro atoms. The van der Waals surface area contributed by atoms with Crippen LogP contribution in [0.15, 0.2) is 30.3 Å². The van der Waals surface area contributed by atoms with Crippen molar-refractivity contribution < 1.29 is 18.0 Å². The highest BCUT2D eigenvalue weighted by Gasteiger charge is 2.03. The second-order valence-corrected chi connectivity index (χ2v) is 5.60. The molecule has 0 aromatic heterocycles. The van der Waals surface area contributed by atoms with Gasteiger partial charge in [0, 0.05) is 18.8 Å². The summed E-state index contributed by atoms with van der Waals surface area (Å²) in [5.74, 6) is -0.291. The van der Waals surface area contributed by atoms with Crippen molar-refractivity contribution in [2.24, 2.45) is 0 Å². The van der Waals surface area contributed by atoms with Gasteiger partial charge in [0.05, 0.1) is 13.4 Å². The predicted octanol–water partition coefficient (Wildman–Crippen LogP) is 1.09. The topological polar surface area (TPSA) is 75.7 Å². The summed E-state index contributed by atoms with van der Waals surface area (Å²) in [6.45, 7) is 0. The monoisotopic (exact) mass is 284 g/mol. The van der Waals surface area contributed by atoms with E-state index < -0.39 is 10.0 Å². The third kappa shape index (κ3) is 5.54. The van der Waals surface area contributed by atoms with E-state index in [9.17, 15) is 13.2 Å². The molecule has 1 N–H and O–H groups in total. The Hall–Kier alpha value is -1.86. The lowest BCUT2D eigenvalue weighted by atomic mass is 10.2. The maximum atomic E-state index is 11.4. The molecule has 104 valence electrons. The number of hydrogen-bond donors (Lipinski definition) is 1. The number of carbonyl (C=O) groups is 1. The Morgan fingerprint density at radius 1 is 1.32 bits per heavy atom. The molecule has 0 saturated carbocycles. The zero-order valence-corrected chi connectivity index (χ0v) is 11.8. The first-order chi connectivity index (χ1) is 8.81. The van der Waals surface area contributed by atoms with Gasteiger partial charge in [0.25, 0.3) is 5.91 Å². The molecule has 0 fully saturated rings. The minimum Gasteiger partial charge on any atom is -0.284 e. The first kappa shape index (κ1) is 15.2. The molecular weight excluding hydrogens is 268 g/mol. The van der Waals surface area contributed by atoms with Crippen LogP contribution in [-0.4, -0.2) is 39.8 Å². The quantitative estimate of drug-likeness (QED) is 0.648. The number of anilines is 1. The summed E-state index contributed by atoms with van der Waals surface area (Å²) in [6.07, 6.45) is 4.06. The minimum absolute atomic E-state index is 0.291. The first-order valence-corrected chi connectivity index (χ1v) is 7.28. The van der Waals surface area contributed by atoms with E-state index in [2.05, 4.69) is 4.72 Å². The van der Waals surface area contributed by atoms with Crippen LogP contribution >= 0.6 is 0 Å². The molecule has 6 nitrogen and oxygen atoms in total. The van der Waals surface area contributed by atoms with Gasteiger partial charge in [-0.2, -0.15) is 0 Å². The van der Waals surface area contributed by atoms with Crippen molar-refractivity contribution in [2.45, 2.75) is 0 Å². The Labute approximate surface area is 112 Å². The van der Waals surface area contributed by atoms with Gasteiger partial charge in [-0.25, -0.2) is 13.5 Å². The highest BCUT2D eigenvalue weighted by atomic mass is 32.2. The van der Waals surface area contributed by atoms with Crippen molar-refractivity contribution in [3.63, 3.8) is 0 Å². The Balaban J connectivity index is 2.72. The van der Waals surface area contributed by atoms with E-state index in [0.717, 1.165) is 16.9 Å². The molecule has 0 aliphatic heterocycles. The van der Waals surface area contributed by atoms with Crippen LogP contribution in [0.1, 0.15) is 5.56 Å². The second-order valence-electron chi connectivity index (χ2n) is 3.85. The minimum atomic E-state index is -3.28. The summed E-state index contributed by atoms with van der Waals surface area (Å²) < 4.78 is 24.4. The van der Waals surface area contributed by atoms with Crippen molar-refractivity contribution in [1.82, 2.24) is 5.06 Å².